The number of pyridine rings is 1. The van der Waals surface area contributed by atoms with Crippen molar-refractivity contribution in [2.24, 2.45) is 11.8 Å². The number of likely N-dealkylation sites (tertiary alicyclic amines) is 1. The first-order valence-electron chi connectivity index (χ1n) is 13.4. The molecular formula is C29H41N5. The van der Waals surface area contributed by atoms with E-state index in [4.69, 9.17) is 9.97 Å². The molecule has 0 N–H and O–H groups in total. The molecule has 182 valence electrons. The van der Waals surface area contributed by atoms with Gasteiger partial charge in [0, 0.05) is 19.3 Å². The molecule has 1 aliphatic heterocycles. The minimum absolute atomic E-state index is 0.374. The van der Waals surface area contributed by atoms with Crippen molar-refractivity contribution in [2.45, 2.75) is 71.5 Å². The maximum atomic E-state index is 5.13. The third-order valence-electron chi connectivity index (χ3n) is 7.89. The number of rotatable bonds is 8. The number of nitrogens with zero attached hydrogens (tertiary/aromatic N) is 5. The van der Waals surface area contributed by atoms with Crippen molar-refractivity contribution in [1.82, 2.24) is 24.3 Å². The third kappa shape index (κ3) is 5.21. The highest BCUT2D eigenvalue weighted by molar-refractivity contribution is 5.75. The molecule has 2 aliphatic rings. The summed E-state index contributed by atoms with van der Waals surface area (Å²) in [5, 5.41) is 0. The standard InChI is InChI=1S/C29H41N5/c1-22(2)15-18-33-17-8-9-23(19-33)20-34-26-13-5-4-12-25(26)31-28(34)21-32(3)27-14-6-10-24-11-7-16-30-29(24)27/h4-5,7,11-13,16,22-23,27H,6,8-10,14-15,17-21H2,1-3H3/t23-,27?/m1/s1. The average Bonchev–Trinajstić information content (AvgIpc) is 3.19. The molecule has 0 amide bonds. The number of hydrogen-bond acceptors (Lipinski definition) is 4. The Bertz CT molecular complexity index is 1090. The van der Waals surface area contributed by atoms with Crippen LogP contribution >= 0.6 is 0 Å². The fraction of sp³-hybridized carbons (Fsp3) is 0.586. The smallest absolute Gasteiger partial charge is 0.124 e. The summed E-state index contributed by atoms with van der Waals surface area (Å²) in [7, 11) is 2.26. The first-order valence-corrected chi connectivity index (χ1v) is 13.4. The molecule has 0 bridgehead atoms. The summed E-state index contributed by atoms with van der Waals surface area (Å²) < 4.78 is 2.53. The summed E-state index contributed by atoms with van der Waals surface area (Å²) in [4.78, 5) is 15.1. The van der Waals surface area contributed by atoms with Gasteiger partial charge < -0.3 is 9.47 Å². The van der Waals surface area contributed by atoms with E-state index in [1.807, 2.05) is 6.20 Å². The van der Waals surface area contributed by atoms with Gasteiger partial charge in [0.2, 0.25) is 0 Å². The van der Waals surface area contributed by atoms with Crippen molar-refractivity contribution in [3.8, 4) is 0 Å². The second kappa shape index (κ2) is 10.6. The number of fused-ring (bicyclic) bond motifs is 2. The van der Waals surface area contributed by atoms with E-state index in [9.17, 15) is 0 Å². The molecular weight excluding hydrogens is 418 g/mol. The van der Waals surface area contributed by atoms with Gasteiger partial charge in [-0.2, -0.15) is 0 Å². The van der Waals surface area contributed by atoms with Crippen molar-refractivity contribution in [3.05, 3.63) is 59.7 Å². The van der Waals surface area contributed by atoms with E-state index in [1.165, 1.54) is 74.3 Å². The van der Waals surface area contributed by atoms with Crippen molar-refractivity contribution >= 4 is 11.0 Å². The van der Waals surface area contributed by atoms with Crippen LogP contribution in [0.15, 0.2) is 42.6 Å². The highest BCUT2D eigenvalue weighted by atomic mass is 15.2. The summed E-state index contributed by atoms with van der Waals surface area (Å²) in [5.41, 5.74) is 5.10. The molecule has 0 saturated carbocycles. The molecule has 5 nitrogen and oxygen atoms in total. The molecule has 1 saturated heterocycles. The van der Waals surface area contributed by atoms with E-state index in [-0.39, 0.29) is 0 Å². The van der Waals surface area contributed by atoms with Crippen LogP contribution < -0.4 is 0 Å². The van der Waals surface area contributed by atoms with Crippen LogP contribution in [0.25, 0.3) is 11.0 Å². The van der Waals surface area contributed by atoms with Crippen molar-refractivity contribution in [3.63, 3.8) is 0 Å². The van der Waals surface area contributed by atoms with E-state index >= 15 is 0 Å². The van der Waals surface area contributed by atoms with Gasteiger partial charge in [-0.1, -0.05) is 32.0 Å². The van der Waals surface area contributed by atoms with Crippen LogP contribution in [0.5, 0.6) is 0 Å². The predicted octanol–water partition coefficient (Wildman–Crippen LogP) is 5.70. The highest BCUT2D eigenvalue weighted by Crippen LogP contribution is 2.33. The van der Waals surface area contributed by atoms with Gasteiger partial charge in [0.25, 0.3) is 0 Å². The Kier molecular flexibility index (Phi) is 7.31. The fourth-order valence-corrected chi connectivity index (χ4v) is 6.00. The second-order valence-corrected chi connectivity index (χ2v) is 11.0. The molecule has 1 aliphatic carbocycles. The van der Waals surface area contributed by atoms with Gasteiger partial charge in [-0.3, -0.25) is 9.88 Å². The molecule has 5 heteroatoms. The molecule has 1 fully saturated rings. The molecule has 3 aromatic rings. The van der Waals surface area contributed by atoms with Crippen LogP contribution in [0.4, 0.5) is 0 Å². The lowest BCUT2D eigenvalue weighted by atomic mass is 9.91. The normalized spacial score (nSPS) is 21.4. The summed E-state index contributed by atoms with van der Waals surface area (Å²) >= 11 is 0. The molecule has 5 rings (SSSR count). The number of aryl methyl sites for hydroxylation is 1. The first kappa shape index (κ1) is 23.5. The molecule has 1 unspecified atom stereocenters. The van der Waals surface area contributed by atoms with Gasteiger partial charge in [-0.25, -0.2) is 4.98 Å². The van der Waals surface area contributed by atoms with Crippen molar-refractivity contribution in [1.29, 1.82) is 0 Å². The van der Waals surface area contributed by atoms with Crippen LogP contribution in [0.3, 0.4) is 0 Å². The predicted molar refractivity (Wildman–Crippen MR) is 140 cm³/mol. The van der Waals surface area contributed by atoms with Gasteiger partial charge in [0.05, 0.1) is 29.3 Å². The van der Waals surface area contributed by atoms with Gasteiger partial charge in [-0.15, -0.1) is 0 Å². The Labute approximate surface area is 205 Å². The van der Waals surface area contributed by atoms with Gasteiger partial charge in [-0.05, 0) is 94.3 Å². The minimum atomic E-state index is 0.374. The zero-order valence-corrected chi connectivity index (χ0v) is 21.3. The molecule has 0 spiro atoms. The van der Waals surface area contributed by atoms with E-state index in [1.54, 1.807) is 0 Å². The Hall–Kier alpha value is -2.24. The number of piperidine rings is 1. The van der Waals surface area contributed by atoms with E-state index in [0.717, 1.165) is 30.9 Å². The lowest BCUT2D eigenvalue weighted by molar-refractivity contribution is 0.154. The summed E-state index contributed by atoms with van der Waals surface area (Å²) in [6, 6.07) is 13.4. The molecule has 1 aromatic carbocycles. The Morgan fingerprint density at radius 2 is 1.97 bits per heavy atom. The fourth-order valence-electron chi connectivity index (χ4n) is 6.00. The highest BCUT2D eigenvalue weighted by Gasteiger charge is 2.27. The average molecular weight is 460 g/mol. The molecule has 2 atom stereocenters. The topological polar surface area (TPSA) is 37.2 Å². The Morgan fingerprint density at radius 3 is 2.85 bits per heavy atom. The van der Waals surface area contributed by atoms with E-state index in [0.29, 0.717) is 12.0 Å². The third-order valence-corrected chi connectivity index (χ3v) is 7.89. The van der Waals surface area contributed by atoms with Gasteiger partial charge in [0.1, 0.15) is 5.82 Å². The van der Waals surface area contributed by atoms with Crippen molar-refractivity contribution in [2.75, 3.05) is 26.7 Å². The number of hydrogen-bond donors (Lipinski definition) is 0. The van der Waals surface area contributed by atoms with Crippen LogP contribution in [-0.4, -0.2) is 51.0 Å². The maximum Gasteiger partial charge on any atom is 0.124 e. The minimum Gasteiger partial charge on any atom is -0.327 e. The Morgan fingerprint density at radius 1 is 1.09 bits per heavy atom. The lowest BCUT2D eigenvalue weighted by Gasteiger charge is -2.34. The monoisotopic (exact) mass is 459 g/mol. The number of benzene rings is 1. The largest absolute Gasteiger partial charge is 0.327 e. The number of imidazole rings is 1. The zero-order valence-electron chi connectivity index (χ0n) is 21.3. The van der Waals surface area contributed by atoms with E-state index < -0.39 is 0 Å². The van der Waals surface area contributed by atoms with E-state index in [2.05, 4.69) is 71.7 Å². The second-order valence-electron chi connectivity index (χ2n) is 11.0. The van der Waals surface area contributed by atoms with Gasteiger partial charge in [0.15, 0.2) is 0 Å². The molecule has 34 heavy (non-hydrogen) atoms. The molecule has 0 radical (unpaired) electrons. The summed E-state index contributed by atoms with van der Waals surface area (Å²) in [6.07, 6.45) is 9.45. The van der Waals surface area contributed by atoms with Crippen LogP contribution in [0.2, 0.25) is 0 Å². The number of aromatic nitrogens is 3. The zero-order chi connectivity index (χ0) is 23.5. The maximum absolute atomic E-state index is 5.13. The van der Waals surface area contributed by atoms with Gasteiger partial charge >= 0.3 is 0 Å². The lowest BCUT2D eigenvalue weighted by Crippen LogP contribution is -2.38. The van der Waals surface area contributed by atoms with Crippen molar-refractivity contribution < 1.29 is 0 Å². The molecule has 2 aromatic heterocycles. The SMILES string of the molecule is CC(C)CCN1CCC[C@@H](Cn2c(CN(C)C3CCCc4cccnc43)nc3ccccc32)C1. The quantitative estimate of drug-likeness (QED) is 0.433. The summed E-state index contributed by atoms with van der Waals surface area (Å²) in [6.45, 7) is 10.3. The van der Waals surface area contributed by atoms with Crippen LogP contribution in [-0.2, 0) is 19.5 Å². The Balaban J connectivity index is 1.36. The molecule has 3 heterocycles. The first-order chi connectivity index (χ1) is 16.6. The summed E-state index contributed by atoms with van der Waals surface area (Å²) in [5.74, 6) is 2.67. The van der Waals surface area contributed by atoms with Crippen LogP contribution in [0, 0.1) is 11.8 Å². The number of para-hydroxylation sites is 2. The van der Waals surface area contributed by atoms with Crippen LogP contribution in [0.1, 0.15) is 69.1 Å².